The van der Waals surface area contributed by atoms with Gasteiger partial charge in [-0.1, -0.05) is 0 Å². The van der Waals surface area contributed by atoms with E-state index in [9.17, 15) is 15.2 Å². The predicted molar refractivity (Wildman–Crippen MR) is 70.3 cm³/mol. The normalized spacial score (nSPS) is 30.4. The van der Waals surface area contributed by atoms with Crippen molar-refractivity contribution >= 4 is 11.7 Å². The number of carbonyl (C=O) groups excluding carboxylic acids is 1. The van der Waals surface area contributed by atoms with Crippen molar-refractivity contribution < 1.29 is 24.0 Å². The van der Waals surface area contributed by atoms with Gasteiger partial charge in [0.05, 0.1) is 5.70 Å². The Hall–Kier alpha value is -2.32. The lowest BCUT2D eigenvalue weighted by atomic mass is 9.95. The number of ether oxygens (including phenoxy) is 2. The molecule has 0 spiro atoms. The highest BCUT2D eigenvalue weighted by atomic mass is 16.8. The maximum Gasteiger partial charge on any atom is 0.320 e. The molecule has 3 atom stereocenters. The first-order valence-corrected chi connectivity index (χ1v) is 6.47. The second kappa shape index (κ2) is 5.23. The zero-order chi connectivity index (χ0) is 15.0. The van der Waals surface area contributed by atoms with Crippen LogP contribution in [0.15, 0.2) is 35.6 Å². The molecular weight excluding hydrogens is 280 g/mol. The smallest absolute Gasteiger partial charge is 0.320 e. The standard InChI is InChI=1S/C13H13N2O6/c1-2-19-13-11-9(12(16)20-13)10(14-21-11)7-3-5-8(6-4-7)15(17)18/h3-6,9,11,13-14H,2H2,1H3/q-1. The minimum atomic E-state index is -0.740. The van der Waals surface area contributed by atoms with Crippen molar-refractivity contribution in [3.05, 3.63) is 46.0 Å². The third kappa shape index (κ3) is 2.28. The van der Waals surface area contributed by atoms with Gasteiger partial charge >= 0.3 is 5.97 Å². The number of nitrogens with one attached hydrogen (secondary N) is 1. The van der Waals surface area contributed by atoms with Gasteiger partial charge in [0, 0.05) is 18.8 Å². The van der Waals surface area contributed by atoms with E-state index >= 15 is 0 Å². The van der Waals surface area contributed by atoms with Crippen LogP contribution in [0.3, 0.4) is 0 Å². The number of hydrogen-bond acceptors (Lipinski definition) is 7. The van der Waals surface area contributed by atoms with Crippen molar-refractivity contribution in [3.8, 4) is 0 Å². The molecule has 0 radical (unpaired) electrons. The van der Waals surface area contributed by atoms with Crippen LogP contribution in [0.25, 0.3) is 0 Å². The van der Waals surface area contributed by atoms with E-state index in [1.165, 1.54) is 12.2 Å². The molecule has 2 aliphatic heterocycles. The Balaban J connectivity index is 1.88. The van der Waals surface area contributed by atoms with E-state index in [-0.39, 0.29) is 5.71 Å². The van der Waals surface area contributed by atoms with Crippen molar-refractivity contribution in [3.63, 3.8) is 0 Å². The molecule has 3 unspecified atom stereocenters. The Morgan fingerprint density at radius 3 is 2.67 bits per heavy atom. The Labute approximate surface area is 120 Å². The summed E-state index contributed by atoms with van der Waals surface area (Å²) in [6, 6.07) is 0. The van der Waals surface area contributed by atoms with E-state index in [1.54, 1.807) is 19.1 Å². The fraction of sp³-hybridized carbons (Fsp3) is 0.385. The molecule has 1 aliphatic carbocycles. The van der Waals surface area contributed by atoms with Gasteiger partial charge in [-0.15, -0.1) is 0 Å². The largest absolute Gasteiger partial charge is 0.612 e. The van der Waals surface area contributed by atoms with Crippen LogP contribution in [0.1, 0.15) is 6.92 Å². The number of carbonyl (C=O) groups is 1. The highest BCUT2D eigenvalue weighted by Gasteiger charge is 2.53. The molecule has 3 rings (SSSR count). The highest BCUT2D eigenvalue weighted by Crippen LogP contribution is 2.36. The summed E-state index contributed by atoms with van der Waals surface area (Å²) in [6.45, 7) is 2.20. The second-order valence-corrected chi connectivity index (χ2v) is 4.64. The molecule has 2 fully saturated rings. The van der Waals surface area contributed by atoms with Crippen molar-refractivity contribution in [2.24, 2.45) is 5.92 Å². The van der Waals surface area contributed by atoms with Crippen LogP contribution in [0.4, 0.5) is 0 Å². The van der Waals surface area contributed by atoms with E-state index in [4.69, 9.17) is 14.3 Å². The van der Waals surface area contributed by atoms with Crippen LogP contribution in [0.2, 0.25) is 0 Å². The molecule has 8 heteroatoms. The van der Waals surface area contributed by atoms with Crippen LogP contribution in [0, 0.1) is 16.3 Å². The summed E-state index contributed by atoms with van der Waals surface area (Å²) in [5, 5.41) is 21.3. The number of esters is 1. The van der Waals surface area contributed by atoms with E-state index in [0.29, 0.717) is 17.9 Å². The molecule has 1 N–H and O–H groups in total. The first-order chi connectivity index (χ1) is 10.1. The van der Waals surface area contributed by atoms with Gasteiger partial charge in [-0.05, 0) is 24.6 Å². The molecule has 2 saturated heterocycles. The lowest BCUT2D eigenvalue weighted by Gasteiger charge is -2.13. The molecule has 0 amide bonds. The lowest BCUT2D eigenvalue weighted by molar-refractivity contribution is -0.377. The minimum Gasteiger partial charge on any atom is -0.612 e. The fourth-order valence-corrected chi connectivity index (χ4v) is 2.44. The number of cyclic esters (lactones) is 1. The number of allylic oxidation sites excluding steroid dienone is 5. The summed E-state index contributed by atoms with van der Waals surface area (Å²) in [4.78, 5) is 16.8. The zero-order valence-corrected chi connectivity index (χ0v) is 11.1. The van der Waals surface area contributed by atoms with Crippen LogP contribution < -0.4 is 5.48 Å². The van der Waals surface area contributed by atoms with Gasteiger partial charge in [0.15, 0.2) is 6.10 Å². The van der Waals surface area contributed by atoms with Gasteiger partial charge in [-0.25, -0.2) is 0 Å². The molecule has 0 aromatic rings. The van der Waals surface area contributed by atoms with Gasteiger partial charge in [0.2, 0.25) is 12.0 Å². The van der Waals surface area contributed by atoms with E-state index in [0.717, 1.165) is 0 Å². The summed E-state index contributed by atoms with van der Waals surface area (Å²) in [7, 11) is 0. The molecule has 8 nitrogen and oxygen atoms in total. The molecule has 0 aromatic heterocycles. The van der Waals surface area contributed by atoms with E-state index in [2.05, 4.69) is 5.48 Å². The first-order valence-electron chi connectivity index (χ1n) is 6.47. The zero-order valence-electron chi connectivity index (χ0n) is 11.1. The van der Waals surface area contributed by atoms with Crippen molar-refractivity contribution in [1.82, 2.24) is 5.48 Å². The van der Waals surface area contributed by atoms with Crippen LogP contribution >= 0.6 is 0 Å². The molecule has 112 valence electrons. The van der Waals surface area contributed by atoms with Crippen LogP contribution in [-0.2, 0) is 19.1 Å². The minimum absolute atomic E-state index is 0.0176. The summed E-state index contributed by atoms with van der Waals surface area (Å²) in [6.07, 6.45) is 4.58. The highest BCUT2D eigenvalue weighted by molar-refractivity contribution is 6.02. The SMILES string of the molecule is CCOC1OC(=O)C2C(=C3C=CC(=[N+]([O-])[O-])C=C3)NOC12. The number of rotatable bonds is 2. The number of fused-ring (bicyclic) bond motifs is 1. The monoisotopic (exact) mass is 293 g/mol. The Bertz CT molecular complexity index is 569. The summed E-state index contributed by atoms with van der Waals surface area (Å²) < 4.78 is 10.4. The molecule has 3 aliphatic rings. The maximum absolute atomic E-state index is 11.9. The summed E-state index contributed by atoms with van der Waals surface area (Å²) >= 11 is 0. The third-order valence-corrected chi connectivity index (χ3v) is 3.42. The van der Waals surface area contributed by atoms with Crippen LogP contribution in [0.5, 0.6) is 0 Å². The fourth-order valence-electron chi connectivity index (χ4n) is 2.44. The molecule has 0 saturated carbocycles. The Morgan fingerprint density at radius 2 is 2.05 bits per heavy atom. The number of nitrogens with zero attached hydrogens (tertiary/aromatic N) is 1. The maximum atomic E-state index is 11.9. The molecule has 0 bridgehead atoms. The van der Waals surface area contributed by atoms with Gasteiger partial charge < -0.3 is 19.9 Å². The second-order valence-electron chi connectivity index (χ2n) is 4.64. The van der Waals surface area contributed by atoms with Crippen molar-refractivity contribution in [2.75, 3.05) is 6.61 Å². The van der Waals surface area contributed by atoms with Gasteiger partial charge in [0.25, 0.3) is 0 Å². The Kier molecular flexibility index (Phi) is 3.40. The van der Waals surface area contributed by atoms with Crippen molar-refractivity contribution in [2.45, 2.75) is 19.3 Å². The molecule has 21 heavy (non-hydrogen) atoms. The van der Waals surface area contributed by atoms with E-state index in [1.807, 2.05) is 0 Å². The number of hydrogen-bond donors (Lipinski definition) is 1. The number of hydroxylamine groups is 1. The average molecular weight is 293 g/mol. The summed E-state index contributed by atoms with van der Waals surface area (Å²) in [5.74, 6) is -1.04. The van der Waals surface area contributed by atoms with Gasteiger partial charge in [-0.3, -0.25) is 15.1 Å². The van der Waals surface area contributed by atoms with Gasteiger partial charge in [0.1, 0.15) is 5.92 Å². The first kappa shape index (κ1) is 13.7. The molecule has 2 heterocycles. The van der Waals surface area contributed by atoms with E-state index < -0.39 is 29.2 Å². The quantitative estimate of drug-likeness (QED) is 0.442. The lowest BCUT2D eigenvalue weighted by Crippen LogP contribution is -2.28. The molecular formula is C13H13N2O6-. The Morgan fingerprint density at radius 1 is 1.33 bits per heavy atom. The average Bonchev–Trinajstić information content (AvgIpc) is 3.02. The van der Waals surface area contributed by atoms with Crippen molar-refractivity contribution in [1.29, 1.82) is 0 Å². The topological polar surface area (TPSA) is 106 Å². The predicted octanol–water partition coefficient (Wildman–Crippen LogP) is 0.255. The summed E-state index contributed by atoms with van der Waals surface area (Å²) in [5.41, 5.74) is 3.86. The third-order valence-electron chi connectivity index (χ3n) is 3.42. The van der Waals surface area contributed by atoms with Crippen LogP contribution in [-0.4, -0.2) is 35.6 Å². The van der Waals surface area contributed by atoms with Gasteiger partial charge in [-0.2, -0.15) is 4.90 Å². The molecule has 0 aromatic carbocycles.